The Bertz CT molecular complexity index is 11000. The summed E-state index contributed by atoms with van der Waals surface area (Å²) in [6, 6.07) is 171. The molecule has 32 rings (SSSR count). The van der Waals surface area contributed by atoms with Crippen LogP contribution in [0.15, 0.2) is 479 Å². The van der Waals surface area contributed by atoms with Gasteiger partial charge in [-0.25, -0.2) is 29.9 Å². The van der Waals surface area contributed by atoms with E-state index < -0.39 is 0 Å². The lowest BCUT2D eigenvalue weighted by atomic mass is 9.94. The highest BCUT2D eigenvalue weighted by Crippen LogP contribution is 2.54. The molecule has 0 aliphatic heterocycles. The Kier molecular flexibility index (Phi) is 19.6. The van der Waals surface area contributed by atoms with Crippen molar-refractivity contribution in [1.82, 2.24) is 43.6 Å². The first-order valence-corrected chi connectivity index (χ1v) is 52.8. The molecule has 0 unspecified atom stereocenters. The van der Waals surface area contributed by atoms with Crippen LogP contribution in [0.1, 0.15) is 0 Å². The minimum absolute atomic E-state index is 0.661. The molecule has 0 fully saturated rings. The van der Waals surface area contributed by atoms with Gasteiger partial charge >= 0.3 is 0 Å². The van der Waals surface area contributed by atoms with E-state index in [1.54, 1.807) is 11.3 Å². The molecule has 0 atom stereocenters. The Morgan fingerprint density at radius 1 is 0.150 bits per heavy atom. The van der Waals surface area contributed by atoms with E-state index in [4.69, 9.17) is 29.9 Å². The van der Waals surface area contributed by atoms with Crippen molar-refractivity contribution >= 4 is 246 Å². The number of para-hydroxylation sites is 2. The zero-order valence-corrected chi connectivity index (χ0v) is 82.0. The topological polar surface area (TPSA) is 92.1 Å². The van der Waals surface area contributed by atoms with Crippen molar-refractivity contribution in [1.29, 1.82) is 0 Å². The number of nitrogens with zero attached hydrogens (tertiary/aromatic N) is 9. The average Bonchev–Trinajstić information content (AvgIpc) is 1.54. The van der Waals surface area contributed by atoms with Crippen molar-refractivity contribution in [2.45, 2.75) is 0 Å². The largest absolute Gasteiger partial charge is 0.278 e. The van der Waals surface area contributed by atoms with Gasteiger partial charge in [0.1, 0.15) is 0 Å². The molecule has 0 aliphatic carbocycles. The van der Waals surface area contributed by atoms with Crippen LogP contribution >= 0.6 is 45.3 Å². The number of hydrogen-bond acceptors (Lipinski definition) is 10. The van der Waals surface area contributed by atoms with Gasteiger partial charge in [0.25, 0.3) is 0 Å². The third-order valence-corrected chi connectivity index (χ3v) is 34.0. The molecule has 32 aromatic rings. The van der Waals surface area contributed by atoms with E-state index >= 15 is 0 Å². The molecule has 10 aromatic heterocycles. The average molecular weight is 1940 g/mol. The summed E-state index contributed by atoms with van der Waals surface area (Å²) < 4.78 is 17.0. The molecule has 0 amide bonds. The summed E-state index contributed by atoms with van der Waals surface area (Å²) in [7, 11) is 0. The summed E-state index contributed by atoms with van der Waals surface area (Å²) in [6.07, 6.45) is 0. The molecular formula is C134H79N9S4. The minimum atomic E-state index is 0.661. The molecule has 0 spiro atoms. The second-order valence-corrected chi connectivity index (χ2v) is 41.9. The summed E-state index contributed by atoms with van der Waals surface area (Å²) in [5.41, 5.74) is 25.0. The molecule has 147 heavy (non-hydrogen) atoms. The Morgan fingerprint density at radius 3 is 0.776 bits per heavy atom. The van der Waals surface area contributed by atoms with Crippen LogP contribution in [0.2, 0.25) is 0 Å². The number of hydrogen-bond donors (Lipinski definition) is 0. The summed E-state index contributed by atoms with van der Waals surface area (Å²) in [4.78, 5) is 32.4. The van der Waals surface area contributed by atoms with Crippen LogP contribution in [0.5, 0.6) is 0 Å². The van der Waals surface area contributed by atoms with Gasteiger partial charge in [0.2, 0.25) is 17.8 Å². The molecule has 9 nitrogen and oxygen atoms in total. The van der Waals surface area contributed by atoms with Gasteiger partial charge in [0.15, 0.2) is 0 Å². The summed E-state index contributed by atoms with van der Waals surface area (Å²) in [5, 5.41) is 25.8. The summed E-state index contributed by atoms with van der Waals surface area (Å²) in [5.74, 6) is 2.02. The highest BCUT2D eigenvalue weighted by atomic mass is 32.1. The van der Waals surface area contributed by atoms with Crippen LogP contribution in [0.3, 0.4) is 0 Å². The highest BCUT2D eigenvalue weighted by Gasteiger charge is 2.30. The lowest BCUT2D eigenvalue weighted by molar-refractivity contribution is 1.01. The standard InChI is InChI=1S/C48H29N3S.C44H25N3S2.C42H25N3S/c1-3-13-30(14-4-1)31-23-25-33(26-24-31)47-36-19-9-11-21-39(36)49-48(50-47)51-40-27-28-43-45(37-20-10-12-22-42(37)52-43)46(40)44-35-18-8-7-17-34(35)38(29-41(44)51)32-15-5-2-6-16-32;1-3-13-26(14-4-1)32-25-34-38(29-18-8-7-17-28(29)32)40-33(23-24-37-39(40)30-19-9-11-21-35(30)48-37)47(34)44-45-41(27-15-5-2-6-16-27)43-42(46-44)31-20-10-12-22-36(31)49-43;1-3-13-26(14-4-1)32-25-35-38(29-18-8-7-17-28(29)32)40-34(23-24-37-39(40)31-20-10-12-22-36(31)46-37)45(35)42-43-33-21-11-9-19-30(33)41(44-42)27-15-5-2-6-16-27/h1-29H;1-25H;1-25H. The van der Waals surface area contributed by atoms with Crippen LogP contribution in [-0.2, 0) is 0 Å². The zero-order chi connectivity index (χ0) is 96.4. The summed E-state index contributed by atoms with van der Waals surface area (Å²) in [6.45, 7) is 0. The van der Waals surface area contributed by atoms with Crippen molar-refractivity contribution in [3.8, 4) is 96.1 Å². The molecule has 0 bridgehead atoms. The van der Waals surface area contributed by atoms with Gasteiger partial charge in [0, 0.05) is 130 Å². The molecule has 22 aromatic carbocycles. The lowest BCUT2D eigenvalue weighted by Crippen LogP contribution is -2.03. The highest BCUT2D eigenvalue weighted by molar-refractivity contribution is 7.27. The van der Waals surface area contributed by atoms with E-state index in [0.29, 0.717) is 17.8 Å². The first-order chi connectivity index (χ1) is 72.9. The van der Waals surface area contributed by atoms with Gasteiger partial charge in [-0.2, -0.15) is 0 Å². The maximum absolute atomic E-state index is 5.49. The third kappa shape index (κ3) is 13.6. The van der Waals surface area contributed by atoms with Crippen LogP contribution in [0, 0.1) is 0 Å². The van der Waals surface area contributed by atoms with E-state index in [-0.39, 0.29) is 0 Å². The van der Waals surface area contributed by atoms with Crippen LogP contribution in [0.4, 0.5) is 0 Å². The van der Waals surface area contributed by atoms with Gasteiger partial charge in [-0.3, -0.25) is 13.7 Å². The fourth-order valence-electron chi connectivity index (χ4n) is 23.0. The van der Waals surface area contributed by atoms with Crippen LogP contribution in [0.25, 0.3) is 296 Å². The van der Waals surface area contributed by atoms with Crippen molar-refractivity contribution in [2.24, 2.45) is 0 Å². The molecule has 10 heterocycles. The minimum Gasteiger partial charge on any atom is -0.278 e. The van der Waals surface area contributed by atoms with Crippen LogP contribution < -0.4 is 0 Å². The Morgan fingerprint density at radius 2 is 0.408 bits per heavy atom. The van der Waals surface area contributed by atoms with E-state index in [2.05, 4.69) is 487 Å². The predicted molar refractivity (Wildman–Crippen MR) is 626 cm³/mol. The van der Waals surface area contributed by atoms with Gasteiger partial charge in [-0.1, -0.05) is 388 Å². The van der Waals surface area contributed by atoms with Crippen molar-refractivity contribution in [3.63, 3.8) is 0 Å². The maximum Gasteiger partial charge on any atom is 0.235 e. The zero-order valence-electron chi connectivity index (χ0n) is 78.8. The number of thiophene rings is 4. The molecule has 0 aliphatic rings. The van der Waals surface area contributed by atoms with Gasteiger partial charge in [-0.15, -0.1) is 45.3 Å². The molecule has 0 N–H and O–H groups in total. The van der Waals surface area contributed by atoms with E-state index in [9.17, 15) is 0 Å². The van der Waals surface area contributed by atoms with Crippen molar-refractivity contribution < 1.29 is 0 Å². The Hall–Kier alpha value is -18.3. The number of rotatable bonds is 10. The van der Waals surface area contributed by atoms with Crippen LogP contribution in [-0.4, -0.2) is 43.6 Å². The second-order valence-electron chi connectivity index (χ2n) is 37.6. The number of benzene rings is 22. The Labute approximate surface area is 857 Å². The summed E-state index contributed by atoms with van der Waals surface area (Å²) >= 11 is 7.34. The molecule has 0 saturated carbocycles. The lowest BCUT2D eigenvalue weighted by Gasteiger charge is -2.13. The fraction of sp³-hybridized carbons (Fsp3) is 0. The van der Waals surface area contributed by atoms with Gasteiger partial charge < -0.3 is 0 Å². The van der Waals surface area contributed by atoms with Crippen molar-refractivity contribution in [2.75, 3.05) is 0 Å². The van der Waals surface area contributed by atoms with E-state index in [1.807, 2.05) is 40.1 Å². The second kappa shape index (κ2) is 34.2. The molecule has 0 saturated heterocycles. The maximum atomic E-state index is 5.49. The van der Waals surface area contributed by atoms with Gasteiger partial charge in [-0.05, 0) is 168 Å². The molecule has 0 radical (unpaired) electrons. The fourth-order valence-corrected chi connectivity index (χ4v) is 27.5. The Balaban J connectivity index is 0.000000102. The first kappa shape index (κ1) is 84.4. The number of aromatic nitrogens is 9. The van der Waals surface area contributed by atoms with Gasteiger partial charge in [0.05, 0.1) is 71.4 Å². The molecule has 684 valence electrons. The van der Waals surface area contributed by atoms with Crippen molar-refractivity contribution in [3.05, 3.63) is 479 Å². The predicted octanol–water partition coefficient (Wildman–Crippen LogP) is 37.6. The van der Waals surface area contributed by atoms with E-state index in [0.717, 1.165) is 104 Å². The normalized spacial score (nSPS) is 11.9. The first-order valence-electron chi connectivity index (χ1n) is 49.5. The quantitative estimate of drug-likeness (QED) is 0.135. The third-order valence-electron chi connectivity index (χ3n) is 29.4. The molecule has 13 heteroatoms. The smallest absolute Gasteiger partial charge is 0.235 e. The van der Waals surface area contributed by atoms with E-state index in [1.165, 1.54) is 174 Å². The molecular weight excluding hydrogens is 1860 g/mol. The monoisotopic (exact) mass is 1940 g/mol. The number of fused-ring (bicyclic) bond motifs is 32. The SMILES string of the molecule is c1ccc(-c2cc3c(c4ccccc24)c2c4c(ccc2n3-c2nc(-c3ccccc3)c3sc5ccccc5c3n2)sc2ccccc24)cc1.c1ccc(-c2ccc(-c3nc(-n4c5cc(-c6ccccc6)c6ccccc6c5c5c6c(ccc54)sc4ccccc46)nc4ccccc34)cc2)cc1.c1ccc(-c2nc(-n3c4cc(-c5ccccc5)c5ccccc5c4c4c5c(ccc43)sc3ccccc35)nc3ccccc23)cc1.